The quantitative estimate of drug-likeness (QED) is 0.602. The lowest BCUT2D eigenvalue weighted by Gasteiger charge is -2.21. The Morgan fingerprint density at radius 3 is 2.23 bits per heavy atom. The first-order valence-corrected chi connectivity index (χ1v) is 12.1. The molecule has 0 fully saturated rings. The number of nitrogens with zero attached hydrogens (tertiary/aromatic N) is 1. The summed E-state index contributed by atoms with van der Waals surface area (Å²) in [5, 5.41) is 2.92. The number of carbonyl (C=O) groups excluding carboxylic acids is 1. The second kappa shape index (κ2) is 10.5. The molecule has 0 bridgehead atoms. The van der Waals surface area contributed by atoms with E-state index in [9.17, 15) is 13.2 Å². The van der Waals surface area contributed by atoms with Gasteiger partial charge in [-0.15, -0.1) is 0 Å². The molecule has 8 heteroatoms. The van der Waals surface area contributed by atoms with Gasteiger partial charge in [0.15, 0.2) is 6.10 Å². The largest absolute Gasteiger partial charge is 0.491 e. The van der Waals surface area contributed by atoms with Gasteiger partial charge in [0.05, 0.1) is 18.0 Å². The third-order valence-electron chi connectivity index (χ3n) is 5.01. The van der Waals surface area contributed by atoms with E-state index in [1.54, 1.807) is 24.3 Å². The molecule has 170 valence electrons. The van der Waals surface area contributed by atoms with Crippen molar-refractivity contribution in [3.05, 3.63) is 53.6 Å². The van der Waals surface area contributed by atoms with Crippen molar-refractivity contribution in [1.82, 2.24) is 5.32 Å². The third kappa shape index (κ3) is 7.17. The van der Waals surface area contributed by atoms with Crippen LogP contribution in [0.1, 0.15) is 31.4 Å². The molecule has 31 heavy (non-hydrogen) atoms. The van der Waals surface area contributed by atoms with Gasteiger partial charge in [0, 0.05) is 7.05 Å². The van der Waals surface area contributed by atoms with Crippen LogP contribution in [-0.4, -0.2) is 46.4 Å². The molecule has 2 rings (SSSR count). The molecule has 0 aliphatic heterocycles. The van der Waals surface area contributed by atoms with E-state index >= 15 is 0 Å². The summed E-state index contributed by atoms with van der Waals surface area (Å²) >= 11 is 0. The van der Waals surface area contributed by atoms with E-state index in [0.717, 1.165) is 17.6 Å². The highest BCUT2D eigenvalue weighted by Crippen LogP contribution is 2.21. The van der Waals surface area contributed by atoms with Crippen LogP contribution in [0.15, 0.2) is 42.5 Å². The SMILES string of the molecule is CC[C@H](Oc1ccc(N(C)S(C)(=O)=O)cc1)C(=O)N[C@H](C)COc1ccc(C)c(C)c1. The first-order chi connectivity index (χ1) is 14.5. The smallest absolute Gasteiger partial charge is 0.261 e. The Labute approximate surface area is 185 Å². The molecular weight excluding hydrogens is 416 g/mol. The van der Waals surface area contributed by atoms with Gasteiger partial charge in [0.1, 0.15) is 18.1 Å². The van der Waals surface area contributed by atoms with Crippen LogP contribution < -0.4 is 19.1 Å². The Bertz CT molecular complexity index is 990. The fourth-order valence-corrected chi connectivity index (χ4v) is 3.32. The van der Waals surface area contributed by atoms with Gasteiger partial charge in [-0.05, 0) is 74.7 Å². The molecule has 0 spiro atoms. The van der Waals surface area contributed by atoms with E-state index in [-0.39, 0.29) is 11.9 Å². The fraction of sp³-hybridized carbons (Fsp3) is 0.435. The number of hydrogen-bond donors (Lipinski definition) is 1. The van der Waals surface area contributed by atoms with Crippen LogP contribution in [-0.2, 0) is 14.8 Å². The van der Waals surface area contributed by atoms with E-state index < -0.39 is 16.1 Å². The van der Waals surface area contributed by atoms with Crippen molar-refractivity contribution in [2.45, 2.75) is 46.3 Å². The van der Waals surface area contributed by atoms with Crippen LogP contribution in [0.25, 0.3) is 0 Å². The van der Waals surface area contributed by atoms with Gasteiger partial charge in [-0.2, -0.15) is 0 Å². The van der Waals surface area contributed by atoms with Gasteiger partial charge in [-0.25, -0.2) is 8.42 Å². The van der Waals surface area contributed by atoms with Crippen LogP contribution in [0.4, 0.5) is 5.69 Å². The van der Waals surface area contributed by atoms with Crippen molar-refractivity contribution in [1.29, 1.82) is 0 Å². The Kier molecular flexibility index (Phi) is 8.33. The monoisotopic (exact) mass is 448 g/mol. The van der Waals surface area contributed by atoms with E-state index in [2.05, 4.69) is 5.32 Å². The summed E-state index contributed by atoms with van der Waals surface area (Å²) in [5.74, 6) is 1.04. The number of rotatable bonds is 10. The van der Waals surface area contributed by atoms with E-state index in [1.165, 1.54) is 16.9 Å². The van der Waals surface area contributed by atoms with Crippen molar-refractivity contribution in [3.8, 4) is 11.5 Å². The summed E-state index contributed by atoms with van der Waals surface area (Å²) in [6.45, 7) is 8.16. The molecule has 0 aliphatic rings. The highest BCUT2D eigenvalue weighted by molar-refractivity contribution is 7.92. The number of aryl methyl sites for hydroxylation is 2. The average molecular weight is 449 g/mol. The Balaban J connectivity index is 1.91. The molecule has 0 radical (unpaired) electrons. The Morgan fingerprint density at radius 1 is 1.06 bits per heavy atom. The third-order valence-corrected chi connectivity index (χ3v) is 6.21. The summed E-state index contributed by atoms with van der Waals surface area (Å²) in [7, 11) is -1.86. The predicted molar refractivity (Wildman–Crippen MR) is 123 cm³/mol. The minimum Gasteiger partial charge on any atom is -0.491 e. The summed E-state index contributed by atoms with van der Waals surface area (Å²) in [6, 6.07) is 12.3. The van der Waals surface area contributed by atoms with E-state index in [1.807, 2.05) is 45.9 Å². The number of ether oxygens (including phenoxy) is 2. The van der Waals surface area contributed by atoms with Crippen LogP contribution in [0.3, 0.4) is 0 Å². The first kappa shape index (κ1) is 24.5. The van der Waals surface area contributed by atoms with Crippen LogP contribution in [0.5, 0.6) is 11.5 Å². The topological polar surface area (TPSA) is 84.9 Å². The van der Waals surface area contributed by atoms with Crippen LogP contribution in [0.2, 0.25) is 0 Å². The van der Waals surface area contributed by atoms with Gasteiger partial charge >= 0.3 is 0 Å². The number of anilines is 1. The second-order valence-corrected chi connectivity index (χ2v) is 9.72. The zero-order valence-electron chi connectivity index (χ0n) is 19.0. The lowest BCUT2D eigenvalue weighted by Crippen LogP contribution is -2.44. The van der Waals surface area contributed by atoms with Crippen molar-refractivity contribution in [2.75, 3.05) is 24.2 Å². The molecule has 7 nitrogen and oxygen atoms in total. The maximum atomic E-state index is 12.6. The predicted octanol–water partition coefficient (Wildman–Crippen LogP) is 3.44. The van der Waals surface area contributed by atoms with Gasteiger partial charge in [-0.3, -0.25) is 9.10 Å². The fourth-order valence-electron chi connectivity index (χ4n) is 2.82. The van der Waals surface area contributed by atoms with Crippen LogP contribution in [0, 0.1) is 13.8 Å². The van der Waals surface area contributed by atoms with Crippen molar-refractivity contribution < 1.29 is 22.7 Å². The molecule has 2 aromatic carbocycles. The first-order valence-electron chi connectivity index (χ1n) is 10.2. The standard InChI is InChI=1S/C23H32N2O5S/c1-7-22(30-20-12-9-19(10-13-20)25(5)31(6,27)28)23(26)24-18(4)15-29-21-11-8-16(2)17(3)14-21/h8-14,18,22H,7,15H2,1-6H3,(H,24,26)/t18-,22+/m1/s1. The molecule has 0 heterocycles. The maximum Gasteiger partial charge on any atom is 0.261 e. The molecule has 0 saturated carbocycles. The summed E-state index contributed by atoms with van der Waals surface area (Å²) in [5.41, 5.74) is 2.87. The molecule has 0 aromatic heterocycles. The van der Waals surface area contributed by atoms with Crippen molar-refractivity contribution in [2.24, 2.45) is 0 Å². The van der Waals surface area contributed by atoms with Crippen molar-refractivity contribution >= 4 is 21.6 Å². The molecule has 2 atom stereocenters. The Hall–Kier alpha value is -2.74. The van der Waals surface area contributed by atoms with Crippen LogP contribution >= 0.6 is 0 Å². The van der Waals surface area contributed by atoms with Gasteiger partial charge in [0.2, 0.25) is 10.0 Å². The molecule has 0 saturated heterocycles. The molecule has 0 aliphatic carbocycles. The number of nitrogens with one attached hydrogen (secondary N) is 1. The van der Waals surface area contributed by atoms with E-state index in [4.69, 9.17) is 9.47 Å². The molecule has 1 amide bonds. The second-order valence-electron chi connectivity index (χ2n) is 7.71. The number of carbonyl (C=O) groups is 1. The molecular formula is C23H32N2O5S. The summed E-state index contributed by atoms with van der Waals surface area (Å²) < 4.78 is 36.1. The maximum absolute atomic E-state index is 12.6. The Morgan fingerprint density at radius 2 is 1.68 bits per heavy atom. The zero-order valence-corrected chi connectivity index (χ0v) is 19.8. The lowest BCUT2D eigenvalue weighted by molar-refractivity contribution is -0.128. The minimum absolute atomic E-state index is 0.197. The number of amides is 1. The normalized spacial score (nSPS) is 13.2. The van der Waals surface area contributed by atoms with E-state index in [0.29, 0.717) is 24.5 Å². The van der Waals surface area contributed by atoms with Gasteiger partial charge < -0.3 is 14.8 Å². The zero-order chi connectivity index (χ0) is 23.2. The lowest BCUT2D eigenvalue weighted by atomic mass is 10.1. The van der Waals surface area contributed by atoms with Gasteiger partial charge in [0.25, 0.3) is 5.91 Å². The average Bonchev–Trinajstić information content (AvgIpc) is 2.72. The molecule has 0 unspecified atom stereocenters. The molecule has 2 aromatic rings. The summed E-state index contributed by atoms with van der Waals surface area (Å²) in [6.07, 6.45) is 0.962. The summed E-state index contributed by atoms with van der Waals surface area (Å²) in [4.78, 5) is 12.6. The minimum atomic E-state index is -3.34. The number of benzene rings is 2. The molecule has 1 N–H and O–H groups in total. The number of hydrogen-bond acceptors (Lipinski definition) is 5. The number of sulfonamides is 1. The van der Waals surface area contributed by atoms with Crippen molar-refractivity contribution in [3.63, 3.8) is 0 Å². The highest BCUT2D eigenvalue weighted by Gasteiger charge is 2.21. The highest BCUT2D eigenvalue weighted by atomic mass is 32.2. The van der Waals surface area contributed by atoms with Gasteiger partial charge in [-0.1, -0.05) is 13.0 Å².